The normalized spacial score (nSPS) is 27.7. The second kappa shape index (κ2) is 3.17. The Morgan fingerprint density at radius 2 is 2.00 bits per heavy atom. The highest BCUT2D eigenvalue weighted by molar-refractivity contribution is 5.81. The van der Waals surface area contributed by atoms with Crippen molar-refractivity contribution < 1.29 is 4.79 Å². The minimum absolute atomic E-state index is 0.143. The summed E-state index contributed by atoms with van der Waals surface area (Å²) in [5, 5.41) is 0. The van der Waals surface area contributed by atoms with Gasteiger partial charge in [0.05, 0.1) is 6.54 Å². The van der Waals surface area contributed by atoms with Crippen LogP contribution < -0.4 is 0 Å². The van der Waals surface area contributed by atoms with Crippen molar-refractivity contribution >= 4 is 5.78 Å². The Morgan fingerprint density at radius 1 is 1.42 bits per heavy atom. The maximum atomic E-state index is 11.3. The van der Waals surface area contributed by atoms with Crippen LogP contribution in [-0.4, -0.2) is 29.3 Å². The first-order valence-electron chi connectivity index (χ1n) is 4.66. The van der Waals surface area contributed by atoms with Crippen LogP contribution in [0.4, 0.5) is 0 Å². The van der Waals surface area contributed by atoms with E-state index in [9.17, 15) is 4.79 Å². The van der Waals surface area contributed by atoms with E-state index in [2.05, 4.69) is 32.6 Å². The Labute approximate surface area is 74.9 Å². The van der Waals surface area contributed by atoms with Gasteiger partial charge in [0.15, 0.2) is 0 Å². The number of ketones is 1. The molecule has 0 saturated carbocycles. The Hall–Kier alpha value is -0.370. The molecule has 2 nitrogen and oxygen atoms in total. The third kappa shape index (κ3) is 2.31. The monoisotopic (exact) mass is 169 g/mol. The molecule has 1 aliphatic heterocycles. The summed E-state index contributed by atoms with van der Waals surface area (Å²) in [7, 11) is 0. The third-order valence-electron chi connectivity index (χ3n) is 2.42. The summed E-state index contributed by atoms with van der Waals surface area (Å²) < 4.78 is 0. The van der Waals surface area contributed by atoms with Crippen LogP contribution in [0.25, 0.3) is 0 Å². The van der Waals surface area contributed by atoms with Crippen molar-refractivity contribution in [3.63, 3.8) is 0 Å². The van der Waals surface area contributed by atoms with Crippen LogP contribution in [0, 0.1) is 5.92 Å². The van der Waals surface area contributed by atoms with Gasteiger partial charge in [0.2, 0.25) is 0 Å². The summed E-state index contributed by atoms with van der Waals surface area (Å²) >= 11 is 0. The van der Waals surface area contributed by atoms with Crippen molar-refractivity contribution in [3.05, 3.63) is 0 Å². The highest BCUT2D eigenvalue weighted by Crippen LogP contribution is 2.21. The van der Waals surface area contributed by atoms with Crippen LogP contribution >= 0.6 is 0 Å². The lowest BCUT2D eigenvalue weighted by Crippen LogP contribution is -2.49. The average Bonchev–Trinajstić information content (AvgIpc) is 1.82. The fraction of sp³-hybridized carbons (Fsp3) is 0.900. The molecular formula is C10H19NO. The van der Waals surface area contributed by atoms with Gasteiger partial charge in [0, 0.05) is 18.5 Å². The molecule has 0 spiro atoms. The van der Waals surface area contributed by atoms with Crippen molar-refractivity contribution in [2.75, 3.05) is 13.1 Å². The maximum Gasteiger partial charge on any atom is 0.147 e. The minimum Gasteiger partial charge on any atom is -0.298 e. The van der Waals surface area contributed by atoms with E-state index in [0.717, 1.165) is 13.0 Å². The van der Waals surface area contributed by atoms with Crippen LogP contribution in [0.5, 0.6) is 0 Å². The zero-order chi connectivity index (χ0) is 9.35. The molecule has 1 rings (SSSR count). The number of hydrogen-bond donors (Lipinski definition) is 0. The number of nitrogens with zero attached hydrogens (tertiary/aromatic N) is 1. The number of hydrogen-bond acceptors (Lipinski definition) is 2. The summed E-state index contributed by atoms with van der Waals surface area (Å²) in [5.74, 6) is 0.925. The van der Waals surface area contributed by atoms with E-state index >= 15 is 0 Å². The van der Waals surface area contributed by atoms with Crippen LogP contribution in [-0.2, 0) is 4.79 Å². The second-order valence-corrected chi connectivity index (χ2v) is 4.90. The van der Waals surface area contributed by atoms with Gasteiger partial charge in [0.1, 0.15) is 5.78 Å². The highest BCUT2D eigenvalue weighted by Gasteiger charge is 2.29. The van der Waals surface area contributed by atoms with Crippen LogP contribution in [0.1, 0.15) is 34.1 Å². The Kier molecular flexibility index (Phi) is 2.57. The van der Waals surface area contributed by atoms with Crippen molar-refractivity contribution in [2.24, 2.45) is 5.92 Å². The fourth-order valence-corrected chi connectivity index (χ4v) is 1.68. The molecule has 0 aromatic carbocycles. The third-order valence-corrected chi connectivity index (χ3v) is 2.42. The van der Waals surface area contributed by atoms with E-state index in [1.807, 2.05) is 0 Å². The molecule has 0 radical (unpaired) electrons. The van der Waals surface area contributed by atoms with E-state index in [1.54, 1.807) is 0 Å². The zero-order valence-electron chi connectivity index (χ0n) is 8.55. The first kappa shape index (κ1) is 9.72. The summed E-state index contributed by atoms with van der Waals surface area (Å²) in [6.45, 7) is 10.4. The van der Waals surface area contributed by atoms with Crippen LogP contribution in [0.15, 0.2) is 0 Å². The summed E-state index contributed by atoms with van der Waals surface area (Å²) in [4.78, 5) is 13.6. The lowest BCUT2D eigenvalue weighted by atomic mass is 9.94. The average molecular weight is 169 g/mol. The number of rotatable bonds is 0. The van der Waals surface area contributed by atoms with Crippen molar-refractivity contribution in [3.8, 4) is 0 Å². The van der Waals surface area contributed by atoms with Gasteiger partial charge in [-0.2, -0.15) is 0 Å². The number of piperidine rings is 1. The largest absolute Gasteiger partial charge is 0.298 e. The Balaban J connectivity index is 2.62. The SMILES string of the molecule is C[C@@H]1CC(=O)CN(C(C)(C)C)C1. The van der Waals surface area contributed by atoms with E-state index < -0.39 is 0 Å². The van der Waals surface area contributed by atoms with Gasteiger partial charge in [-0.1, -0.05) is 6.92 Å². The number of Topliss-reactive ketones (excluding diaryl/α,β-unsaturated/α-hetero) is 1. The predicted molar refractivity (Wildman–Crippen MR) is 50.1 cm³/mol. The molecule has 70 valence electrons. The molecule has 0 unspecified atom stereocenters. The molecule has 0 amide bonds. The molecule has 2 heteroatoms. The standard InChI is InChI=1S/C10H19NO/c1-8-5-9(12)7-11(6-8)10(2,3)4/h8H,5-7H2,1-4H3/t8-/m1/s1. The molecule has 0 aromatic heterocycles. The van der Waals surface area contributed by atoms with E-state index in [0.29, 0.717) is 18.2 Å². The van der Waals surface area contributed by atoms with E-state index in [1.165, 1.54) is 0 Å². The summed E-state index contributed by atoms with van der Waals surface area (Å²) in [5.41, 5.74) is 0.143. The van der Waals surface area contributed by atoms with Gasteiger partial charge in [-0.3, -0.25) is 9.69 Å². The lowest BCUT2D eigenvalue weighted by Gasteiger charge is -2.39. The zero-order valence-corrected chi connectivity index (χ0v) is 8.55. The van der Waals surface area contributed by atoms with Gasteiger partial charge in [-0.15, -0.1) is 0 Å². The van der Waals surface area contributed by atoms with E-state index in [-0.39, 0.29) is 5.54 Å². The molecule has 0 bridgehead atoms. The molecule has 0 N–H and O–H groups in total. The van der Waals surface area contributed by atoms with Gasteiger partial charge >= 0.3 is 0 Å². The summed E-state index contributed by atoms with van der Waals surface area (Å²) in [6.07, 6.45) is 0.770. The second-order valence-electron chi connectivity index (χ2n) is 4.90. The first-order chi connectivity index (χ1) is 5.39. The Morgan fingerprint density at radius 3 is 2.42 bits per heavy atom. The molecule has 1 atom stereocenters. The van der Waals surface area contributed by atoms with Gasteiger partial charge in [-0.25, -0.2) is 0 Å². The molecule has 1 aliphatic rings. The first-order valence-corrected chi connectivity index (χ1v) is 4.66. The number of carbonyl (C=O) groups excluding carboxylic acids is 1. The fourth-order valence-electron chi connectivity index (χ4n) is 1.68. The molecule has 1 saturated heterocycles. The molecule has 1 fully saturated rings. The van der Waals surface area contributed by atoms with Crippen LogP contribution in [0.3, 0.4) is 0 Å². The predicted octanol–water partition coefficient (Wildman–Crippen LogP) is 1.70. The van der Waals surface area contributed by atoms with Gasteiger partial charge in [0.25, 0.3) is 0 Å². The van der Waals surface area contributed by atoms with Crippen molar-refractivity contribution in [2.45, 2.75) is 39.7 Å². The van der Waals surface area contributed by atoms with Crippen molar-refractivity contribution in [1.29, 1.82) is 0 Å². The molecule has 12 heavy (non-hydrogen) atoms. The molecular weight excluding hydrogens is 150 g/mol. The van der Waals surface area contributed by atoms with Gasteiger partial charge < -0.3 is 0 Å². The highest BCUT2D eigenvalue weighted by atomic mass is 16.1. The number of carbonyl (C=O) groups is 1. The molecule has 0 aromatic rings. The molecule has 1 heterocycles. The minimum atomic E-state index is 0.143. The molecule has 0 aliphatic carbocycles. The number of likely N-dealkylation sites (tertiary alicyclic amines) is 1. The van der Waals surface area contributed by atoms with Crippen molar-refractivity contribution in [1.82, 2.24) is 4.90 Å². The van der Waals surface area contributed by atoms with E-state index in [4.69, 9.17) is 0 Å². The lowest BCUT2D eigenvalue weighted by molar-refractivity contribution is -0.125. The summed E-state index contributed by atoms with van der Waals surface area (Å²) in [6, 6.07) is 0. The quantitative estimate of drug-likeness (QED) is 0.550. The van der Waals surface area contributed by atoms with Crippen LogP contribution in [0.2, 0.25) is 0 Å². The Bertz CT molecular complexity index is 181. The van der Waals surface area contributed by atoms with Gasteiger partial charge in [-0.05, 0) is 26.7 Å². The maximum absolute atomic E-state index is 11.3. The topological polar surface area (TPSA) is 20.3 Å². The smallest absolute Gasteiger partial charge is 0.147 e.